The first-order chi connectivity index (χ1) is 13.6. The van der Waals surface area contributed by atoms with Gasteiger partial charge in [0.25, 0.3) is 0 Å². The fourth-order valence-electron chi connectivity index (χ4n) is 3.36. The van der Waals surface area contributed by atoms with Gasteiger partial charge in [0.05, 0.1) is 17.9 Å². The lowest BCUT2D eigenvalue weighted by Crippen LogP contribution is -2.46. The second-order valence-electron chi connectivity index (χ2n) is 7.12. The van der Waals surface area contributed by atoms with Gasteiger partial charge in [0.2, 0.25) is 5.89 Å². The third-order valence-electron chi connectivity index (χ3n) is 4.96. The number of benzene rings is 2. The Kier molecular flexibility index (Phi) is 5.43. The number of likely N-dealkylation sites (tertiary alicyclic amines) is 1. The van der Waals surface area contributed by atoms with E-state index >= 15 is 0 Å². The minimum atomic E-state index is -0.716. The number of rotatable bonds is 5. The largest absolute Gasteiger partial charge is 0.457 e. The number of oxazole rings is 1. The summed E-state index contributed by atoms with van der Waals surface area (Å²) in [6.45, 7) is 3.63. The van der Waals surface area contributed by atoms with Crippen LogP contribution in [0.4, 0.5) is 0 Å². The number of aliphatic hydroxyl groups excluding tert-OH is 2. The molecular weight excluding hydrogens is 356 g/mol. The highest BCUT2D eigenvalue weighted by Gasteiger charge is 2.27. The highest BCUT2D eigenvalue weighted by atomic mass is 16.5. The van der Waals surface area contributed by atoms with E-state index in [-0.39, 0.29) is 0 Å². The first-order valence-electron chi connectivity index (χ1n) is 9.46. The maximum Gasteiger partial charge on any atom is 0.226 e. The molecule has 1 aliphatic heterocycles. The van der Waals surface area contributed by atoms with Crippen LogP contribution < -0.4 is 4.74 Å². The summed E-state index contributed by atoms with van der Waals surface area (Å²) in [4.78, 5) is 6.74. The molecule has 1 aliphatic rings. The van der Waals surface area contributed by atoms with Crippen LogP contribution in [0.2, 0.25) is 0 Å². The highest BCUT2D eigenvalue weighted by Crippen LogP contribution is 2.28. The third-order valence-corrected chi connectivity index (χ3v) is 4.96. The number of para-hydroxylation sites is 1. The van der Waals surface area contributed by atoms with Gasteiger partial charge in [-0.1, -0.05) is 24.3 Å². The molecule has 2 N–H and O–H groups in total. The van der Waals surface area contributed by atoms with E-state index in [9.17, 15) is 10.2 Å². The summed E-state index contributed by atoms with van der Waals surface area (Å²) in [7, 11) is 0. The molecule has 2 aromatic carbocycles. The molecule has 4 rings (SSSR count). The summed E-state index contributed by atoms with van der Waals surface area (Å²) < 4.78 is 11.8. The lowest BCUT2D eigenvalue weighted by atomic mass is 10.1. The lowest BCUT2D eigenvalue weighted by molar-refractivity contribution is -0.0406. The second-order valence-corrected chi connectivity index (χ2v) is 7.12. The highest BCUT2D eigenvalue weighted by molar-refractivity contribution is 5.57. The van der Waals surface area contributed by atoms with Gasteiger partial charge in [0.15, 0.2) is 0 Å². The fraction of sp³-hybridized carbons (Fsp3) is 0.318. The average Bonchev–Trinajstić information content (AvgIpc) is 3.06. The summed E-state index contributed by atoms with van der Waals surface area (Å²) >= 11 is 0. The smallest absolute Gasteiger partial charge is 0.226 e. The molecule has 2 heterocycles. The predicted molar refractivity (Wildman–Crippen MR) is 105 cm³/mol. The van der Waals surface area contributed by atoms with Crippen molar-refractivity contribution in [1.29, 1.82) is 0 Å². The van der Waals surface area contributed by atoms with Crippen molar-refractivity contribution in [2.75, 3.05) is 13.1 Å². The Labute approximate surface area is 164 Å². The van der Waals surface area contributed by atoms with Crippen LogP contribution in [-0.2, 0) is 6.54 Å². The van der Waals surface area contributed by atoms with Crippen LogP contribution in [0.25, 0.3) is 11.5 Å². The molecule has 1 saturated heterocycles. The van der Waals surface area contributed by atoms with Gasteiger partial charge in [0, 0.05) is 25.2 Å². The van der Waals surface area contributed by atoms with Crippen molar-refractivity contribution in [1.82, 2.24) is 9.88 Å². The van der Waals surface area contributed by atoms with E-state index in [1.54, 1.807) is 0 Å². The Morgan fingerprint density at radius 1 is 1.07 bits per heavy atom. The van der Waals surface area contributed by atoms with E-state index in [0.717, 1.165) is 29.3 Å². The van der Waals surface area contributed by atoms with E-state index in [0.29, 0.717) is 31.2 Å². The molecule has 0 aliphatic carbocycles. The van der Waals surface area contributed by atoms with Crippen LogP contribution in [0.15, 0.2) is 59.0 Å². The maximum absolute atomic E-state index is 9.88. The van der Waals surface area contributed by atoms with Gasteiger partial charge >= 0.3 is 0 Å². The van der Waals surface area contributed by atoms with Gasteiger partial charge in [-0.2, -0.15) is 0 Å². The Balaban J connectivity index is 1.49. The van der Waals surface area contributed by atoms with Gasteiger partial charge in [-0.3, -0.25) is 4.90 Å². The molecule has 0 saturated carbocycles. The van der Waals surface area contributed by atoms with Gasteiger partial charge in [-0.15, -0.1) is 0 Å². The molecular formula is C22H24N2O4. The zero-order chi connectivity index (χ0) is 19.5. The van der Waals surface area contributed by atoms with Crippen LogP contribution in [0, 0.1) is 6.92 Å². The normalized spacial score (nSPS) is 20.2. The van der Waals surface area contributed by atoms with Gasteiger partial charge < -0.3 is 19.4 Å². The van der Waals surface area contributed by atoms with Crippen molar-refractivity contribution in [2.24, 2.45) is 0 Å². The molecule has 2 atom stereocenters. The molecule has 1 aromatic heterocycles. The Bertz CT molecular complexity index is 925. The number of aliphatic hydroxyl groups is 2. The Morgan fingerprint density at radius 3 is 2.64 bits per heavy atom. The van der Waals surface area contributed by atoms with Crippen LogP contribution in [0.1, 0.15) is 17.9 Å². The second kappa shape index (κ2) is 8.14. The molecule has 6 heteroatoms. The average molecular weight is 380 g/mol. The molecule has 0 radical (unpaired) electrons. The number of hydrogen-bond acceptors (Lipinski definition) is 6. The third kappa shape index (κ3) is 4.25. The van der Waals surface area contributed by atoms with Crippen LogP contribution >= 0.6 is 0 Å². The number of aromatic nitrogens is 1. The zero-order valence-corrected chi connectivity index (χ0v) is 15.8. The number of β-amino-alcohol motifs (C(OH)–C–C–N with tert-alkyl or cyclic N) is 1. The maximum atomic E-state index is 9.88. The fourth-order valence-corrected chi connectivity index (χ4v) is 3.36. The predicted octanol–water partition coefficient (Wildman–Crippen LogP) is 3.37. The van der Waals surface area contributed by atoms with Crippen molar-refractivity contribution >= 4 is 0 Å². The summed E-state index contributed by atoms with van der Waals surface area (Å²) in [5, 5.41) is 19.6. The summed E-state index contributed by atoms with van der Waals surface area (Å²) in [5.41, 5.74) is 1.69. The summed E-state index contributed by atoms with van der Waals surface area (Å²) in [5.74, 6) is 2.79. The number of piperidine rings is 1. The van der Waals surface area contributed by atoms with Crippen molar-refractivity contribution in [2.45, 2.75) is 32.1 Å². The van der Waals surface area contributed by atoms with E-state index in [4.69, 9.17) is 9.15 Å². The first-order valence-corrected chi connectivity index (χ1v) is 9.46. The zero-order valence-electron chi connectivity index (χ0n) is 15.8. The molecule has 0 bridgehead atoms. The molecule has 3 aromatic rings. The number of ether oxygens (including phenoxy) is 1. The van der Waals surface area contributed by atoms with Crippen molar-refractivity contribution in [3.8, 4) is 23.0 Å². The van der Waals surface area contributed by atoms with Gasteiger partial charge in [0.1, 0.15) is 17.3 Å². The number of aryl methyl sites for hydroxylation is 1. The van der Waals surface area contributed by atoms with Crippen LogP contribution in [-0.4, -0.2) is 45.4 Å². The van der Waals surface area contributed by atoms with Crippen molar-refractivity contribution < 1.29 is 19.4 Å². The van der Waals surface area contributed by atoms with Gasteiger partial charge in [-0.05, 0) is 43.7 Å². The molecule has 0 spiro atoms. The minimum absolute atomic E-state index is 0.434. The molecule has 146 valence electrons. The first kappa shape index (κ1) is 18.7. The molecule has 0 unspecified atom stereocenters. The molecule has 1 fully saturated rings. The quantitative estimate of drug-likeness (QED) is 0.707. The summed E-state index contributed by atoms with van der Waals surface area (Å²) in [6.07, 6.45) is -0.797. The monoisotopic (exact) mass is 380 g/mol. The number of hydrogen-bond donors (Lipinski definition) is 2. The van der Waals surface area contributed by atoms with E-state index < -0.39 is 12.2 Å². The van der Waals surface area contributed by atoms with Crippen LogP contribution in [0.5, 0.6) is 11.5 Å². The molecule has 6 nitrogen and oxygen atoms in total. The van der Waals surface area contributed by atoms with Crippen LogP contribution in [0.3, 0.4) is 0 Å². The topological polar surface area (TPSA) is 79.0 Å². The van der Waals surface area contributed by atoms with E-state index in [1.165, 1.54) is 0 Å². The molecule has 0 amide bonds. The lowest BCUT2D eigenvalue weighted by Gasteiger charge is -2.32. The van der Waals surface area contributed by atoms with Crippen molar-refractivity contribution in [3.63, 3.8) is 0 Å². The Hall–Kier alpha value is -2.67. The molecule has 28 heavy (non-hydrogen) atoms. The standard InChI is InChI=1S/C22H24N2O4/c1-15-19(13-24-11-10-20(25)21(26)14-24)23-22(27-15)16-6-5-9-18(12-16)28-17-7-3-2-4-8-17/h2-9,12,20-21,25-26H,10-11,13-14H2,1H3/t20-,21-/m0/s1. The Morgan fingerprint density at radius 2 is 1.86 bits per heavy atom. The van der Waals surface area contributed by atoms with E-state index in [1.807, 2.05) is 61.5 Å². The summed E-state index contributed by atoms with van der Waals surface area (Å²) in [6, 6.07) is 17.3. The SMILES string of the molecule is Cc1oc(-c2cccc(Oc3ccccc3)c2)nc1CN1CC[C@H](O)[C@@H](O)C1. The van der Waals surface area contributed by atoms with Gasteiger partial charge in [-0.25, -0.2) is 4.98 Å². The van der Waals surface area contributed by atoms with E-state index in [2.05, 4.69) is 9.88 Å². The number of nitrogens with zero attached hydrogens (tertiary/aromatic N) is 2. The van der Waals surface area contributed by atoms with Crippen molar-refractivity contribution in [3.05, 3.63) is 66.1 Å². The minimum Gasteiger partial charge on any atom is -0.457 e.